The predicted octanol–water partition coefficient (Wildman–Crippen LogP) is 0.919. The lowest BCUT2D eigenvalue weighted by Crippen LogP contribution is -2.20. The quantitative estimate of drug-likeness (QED) is 0.821. The van der Waals surface area contributed by atoms with E-state index in [0.29, 0.717) is 18.7 Å². The maximum atomic E-state index is 11.8. The highest BCUT2D eigenvalue weighted by Crippen LogP contribution is 2.15. The standard InChI is InChI=1S/C8H10F3N3O/c9-8(10,11)5-15-7-13-4-2-6(14-7)1-3-12/h2,4H,1,3,5,12H2. The highest BCUT2D eigenvalue weighted by molar-refractivity contribution is 5.05. The molecular weight excluding hydrogens is 211 g/mol. The number of halogens is 3. The zero-order valence-electron chi connectivity index (χ0n) is 7.79. The van der Waals surface area contributed by atoms with Crippen molar-refractivity contribution in [3.63, 3.8) is 0 Å². The number of nitrogens with zero attached hydrogens (tertiary/aromatic N) is 2. The predicted molar refractivity (Wildman–Crippen MR) is 46.3 cm³/mol. The average molecular weight is 221 g/mol. The van der Waals surface area contributed by atoms with Crippen LogP contribution in [-0.2, 0) is 6.42 Å². The fourth-order valence-corrected chi connectivity index (χ4v) is 0.879. The maximum absolute atomic E-state index is 11.8. The maximum Gasteiger partial charge on any atom is 0.422 e. The van der Waals surface area contributed by atoms with Gasteiger partial charge < -0.3 is 10.5 Å². The minimum absolute atomic E-state index is 0.279. The van der Waals surface area contributed by atoms with E-state index in [1.807, 2.05) is 0 Å². The summed E-state index contributed by atoms with van der Waals surface area (Å²) in [6.07, 6.45) is -2.57. The lowest BCUT2D eigenvalue weighted by Gasteiger charge is -2.07. The van der Waals surface area contributed by atoms with Crippen LogP contribution in [0.5, 0.6) is 6.01 Å². The molecule has 4 nitrogen and oxygen atoms in total. The van der Waals surface area contributed by atoms with Crippen molar-refractivity contribution in [1.29, 1.82) is 0 Å². The smallest absolute Gasteiger partial charge is 0.422 e. The van der Waals surface area contributed by atoms with E-state index in [9.17, 15) is 13.2 Å². The molecule has 0 aromatic carbocycles. The molecule has 0 aliphatic heterocycles. The van der Waals surface area contributed by atoms with Gasteiger partial charge in [-0.15, -0.1) is 0 Å². The fourth-order valence-electron chi connectivity index (χ4n) is 0.879. The molecule has 0 amide bonds. The number of ether oxygens (including phenoxy) is 1. The summed E-state index contributed by atoms with van der Waals surface area (Å²) in [6, 6.07) is 1.30. The van der Waals surface area contributed by atoms with Crippen LogP contribution in [0, 0.1) is 0 Å². The van der Waals surface area contributed by atoms with Crippen LogP contribution in [0.1, 0.15) is 5.69 Å². The van der Waals surface area contributed by atoms with E-state index in [2.05, 4.69) is 14.7 Å². The Hall–Kier alpha value is -1.37. The summed E-state index contributed by atoms with van der Waals surface area (Å²) in [4.78, 5) is 7.30. The fraction of sp³-hybridized carbons (Fsp3) is 0.500. The molecule has 2 N–H and O–H groups in total. The largest absolute Gasteiger partial charge is 0.454 e. The Balaban J connectivity index is 2.57. The molecule has 1 aromatic rings. The summed E-state index contributed by atoms with van der Waals surface area (Å²) >= 11 is 0. The second-order valence-electron chi connectivity index (χ2n) is 2.77. The van der Waals surface area contributed by atoms with E-state index in [4.69, 9.17) is 5.73 Å². The number of hydrogen-bond donors (Lipinski definition) is 1. The first-order valence-electron chi connectivity index (χ1n) is 4.23. The van der Waals surface area contributed by atoms with Gasteiger partial charge in [-0.3, -0.25) is 0 Å². The van der Waals surface area contributed by atoms with Crippen LogP contribution in [0.15, 0.2) is 12.3 Å². The van der Waals surface area contributed by atoms with Crippen LogP contribution >= 0.6 is 0 Å². The minimum Gasteiger partial charge on any atom is -0.454 e. The molecule has 1 heterocycles. The van der Waals surface area contributed by atoms with E-state index in [1.54, 1.807) is 6.07 Å². The number of aromatic nitrogens is 2. The molecule has 0 saturated heterocycles. The van der Waals surface area contributed by atoms with Crippen LogP contribution in [0.25, 0.3) is 0 Å². The van der Waals surface area contributed by atoms with Gasteiger partial charge in [-0.25, -0.2) is 9.97 Å². The van der Waals surface area contributed by atoms with Crippen molar-refractivity contribution in [2.45, 2.75) is 12.6 Å². The van der Waals surface area contributed by atoms with Gasteiger partial charge in [0.25, 0.3) is 0 Å². The van der Waals surface area contributed by atoms with Crippen molar-refractivity contribution >= 4 is 0 Å². The van der Waals surface area contributed by atoms with Crippen molar-refractivity contribution in [3.05, 3.63) is 18.0 Å². The normalized spacial score (nSPS) is 11.5. The Bertz CT molecular complexity index is 316. The highest BCUT2D eigenvalue weighted by atomic mass is 19.4. The van der Waals surface area contributed by atoms with Gasteiger partial charge in [0.15, 0.2) is 6.61 Å². The molecule has 0 bridgehead atoms. The molecule has 1 aromatic heterocycles. The Morgan fingerprint density at radius 3 is 2.73 bits per heavy atom. The second-order valence-corrected chi connectivity index (χ2v) is 2.77. The van der Waals surface area contributed by atoms with E-state index >= 15 is 0 Å². The average Bonchev–Trinajstić information content (AvgIpc) is 2.15. The highest BCUT2D eigenvalue weighted by Gasteiger charge is 2.28. The van der Waals surface area contributed by atoms with Crippen molar-refractivity contribution in [3.8, 4) is 6.01 Å². The molecule has 0 saturated carbocycles. The van der Waals surface area contributed by atoms with E-state index in [1.165, 1.54) is 6.20 Å². The van der Waals surface area contributed by atoms with Crippen molar-refractivity contribution in [2.75, 3.05) is 13.2 Å². The third-order valence-corrected chi connectivity index (χ3v) is 1.46. The van der Waals surface area contributed by atoms with Gasteiger partial charge in [0.05, 0.1) is 0 Å². The molecule has 1 rings (SSSR count). The van der Waals surface area contributed by atoms with Gasteiger partial charge >= 0.3 is 12.2 Å². The molecule has 0 atom stereocenters. The van der Waals surface area contributed by atoms with Crippen LogP contribution in [0.4, 0.5) is 13.2 Å². The van der Waals surface area contributed by atoms with Gasteiger partial charge in [0.2, 0.25) is 0 Å². The van der Waals surface area contributed by atoms with Crippen LogP contribution < -0.4 is 10.5 Å². The second kappa shape index (κ2) is 4.92. The Kier molecular flexibility index (Phi) is 3.84. The number of hydrogen-bond acceptors (Lipinski definition) is 4. The minimum atomic E-state index is -4.38. The molecule has 0 aliphatic rings. The lowest BCUT2D eigenvalue weighted by atomic mass is 10.3. The third-order valence-electron chi connectivity index (χ3n) is 1.46. The first-order chi connectivity index (χ1) is 7.01. The Morgan fingerprint density at radius 1 is 1.40 bits per heavy atom. The summed E-state index contributed by atoms with van der Waals surface area (Å²) in [7, 11) is 0. The molecule has 0 fully saturated rings. The molecule has 0 unspecified atom stereocenters. The van der Waals surface area contributed by atoms with Gasteiger partial charge in [-0.05, 0) is 12.6 Å². The summed E-state index contributed by atoms with van der Waals surface area (Å²) in [5.74, 6) is 0. The lowest BCUT2D eigenvalue weighted by molar-refractivity contribution is -0.154. The summed E-state index contributed by atoms with van der Waals surface area (Å²) < 4.78 is 39.7. The number of nitrogens with two attached hydrogens (primary N) is 1. The third kappa shape index (κ3) is 4.59. The van der Waals surface area contributed by atoms with Crippen molar-refractivity contribution in [2.24, 2.45) is 5.73 Å². The van der Waals surface area contributed by atoms with Gasteiger partial charge in [-0.1, -0.05) is 0 Å². The number of alkyl halides is 3. The van der Waals surface area contributed by atoms with Crippen LogP contribution in [0.3, 0.4) is 0 Å². The molecular formula is C8H10F3N3O. The van der Waals surface area contributed by atoms with Crippen LogP contribution in [-0.4, -0.2) is 29.3 Å². The molecule has 0 radical (unpaired) electrons. The summed E-state index contributed by atoms with van der Waals surface area (Å²) in [5.41, 5.74) is 5.83. The van der Waals surface area contributed by atoms with E-state index in [0.717, 1.165) is 0 Å². The van der Waals surface area contributed by atoms with Gasteiger partial charge in [-0.2, -0.15) is 13.2 Å². The number of rotatable bonds is 4. The zero-order chi connectivity index (χ0) is 11.3. The van der Waals surface area contributed by atoms with Gasteiger partial charge in [0.1, 0.15) is 0 Å². The monoisotopic (exact) mass is 221 g/mol. The summed E-state index contributed by atoms with van der Waals surface area (Å²) in [6.45, 7) is -1.02. The van der Waals surface area contributed by atoms with Gasteiger partial charge in [0, 0.05) is 18.3 Å². The van der Waals surface area contributed by atoms with Crippen molar-refractivity contribution in [1.82, 2.24) is 9.97 Å². The summed E-state index contributed by atoms with van der Waals surface area (Å²) in [5, 5.41) is 0. The van der Waals surface area contributed by atoms with Crippen LogP contribution in [0.2, 0.25) is 0 Å². The first kappa shape index (κ1) is 11.7. The van der Waals surface area contributed by atoms with E-state index in [-0.39, 0.29) is 6.01 Å². The molecule has 0 spiro atoms. The molecule has 7 heteroatoms. The van der Waals surface area contributed by atoms with Crippen molar-refractivity contribution < 1.29 is 17.9 Å². The first-order valence-corrected chi connectivity index (χ1v) is 4.23. The molecule has 84 valence electrons. The molecule has 0 aliphatic carbocycles. The zero-order valence-corrected chi connectivity index (χ0v) is 7.79. The Labute approximate surface area is 84.3 Å². The molecule has 15 heavy (non-hydrogen) atoms. The SMILES string of the molecule is NCCc1ccnc(OCC(F)(F)F)n1. The topological polar surface area (TPSA) is 61.0 Å². The van der Waals surface area contributed by atoms with E-state index < -0.39 is 12.8 Å². The Morgan fingerprint density at radius 2 is 2.13 bits per heavy atom.